The molecule has 482 valence electrons. The number of rotatable bonds is 18. The number of fused-ring (bicyclic) bond motifs is 3. The van der Waals surface area contributed by atoms with Gasteiger partial charge in [0.15, 0.2) is 0 Å². The van der Waals surface area contributed by atoms with Gasteiger partial charge >= 0.3 is 26.9 Å². The van der Waals surface area contributed by atoms with Crippen LogP contribution in [0.2, 0.25) is 15.1 Å². The second kappa shape index (κ2) is 26.3. The average molecular weight is 1380 g/mol. The fourth-order valence-electron chi connectivity index (χ4n) is 11.0. The molecule has 0 spiro atoms. The monoisotopic (exact) mass is 1370 g/mol. The van der Waals surface area contributed by atoms with E-state index in [-0.39, 0.29) is 34.5 Å². The number of nitrogens with zero attached hydrogens (tertiary/aromatic N) is 3. The summed E-state index contributed by atoms with van der Waals surface area (Å²) in [4.78, 5) is 15.2. The van der Waals surface area contributed by atoms with Crippen molar-refractivity contribution in [2.45, 2.75) is 59.1 Å². The zero-order valence-corrected chi connectivity index (χ0v) is 53.0. The van der Waals surface area contributed by atoms with Gasteiger partial charge in [-0.3, -0.25) is 0 Å². The molecule has 0 radical (unpaired) electrons. The number of alkyl halides is 9. The van der Waals surface area contributed by atoms with Crippen LogP contribution in [-0.2, 0) is 23.8 Å². The van der Waals surface area contributed by atoms with Crippen LogP contribution >= 0.6 is 42.6 Å². The maximum atomic E-state index is 17.0. The van der Waals surface area contributed by atoms with E-state index in [1.54, 1.807) is 112 Å². The number of hydrogen-bond donors (Lipinski definition) is 0. The van der Waals surface area contributed by atoms with Crippen molar-refractivity contribution in [3.63, 3.8) is 0 Å². The third-order valence-electron chi connectivity index (χ3n) is 15.4. The van der Waals surface area contributed by atoms with E-state index in [2.05, 4.69) is 14.2 Å². The number of benzene rings is 9. The first-order valence-electron chi connectivity index (χ1n) is 28.9. The van der Waals surface area contributed by atoms with Crippen LogP contribution in [-0.4, -0.2) is 34.0 Å². The molecule has 12 rings (SSSR count). The predicted octanol–water partition coefficient (Wildman–Crippen LogP) is 22.3. The van der Waals surface area contributed by atoms with Gasteiger partial charge in [-0.2, -0.15) is 4.57 Å². The van der Waals surface area contributed by atoms with Crippen LogP contribution in [0.3, 0.4) is 0 Å². The second-order valence-corrected chi connectivity index (χ2v) is 24.9. The van der Waals surface area contributed by atoms with E-state index in [0.29, 0.717) is 118 Å². The van der Waals surface area contributed by atoms with Crippen molar-refractivity contribution in [2.24, 2.45) is 0 Å². The molecule has 0 aliphatic heterocycles. The zero-order chi connectivity index (χ0) is 67.1. The van der Waals surface area contributed by atoms with Crippen molar-refractivity contribution in [3.8, 4) is 68.3 Å². The van der Waals surface area contributed by atoms with Crippen LogP contribution in [0.1, 0.15) is 50.1 Å². The van der Waals surface area contributed by atoms with E-state index in [0.717, 1.165) is 33.4 Å². The third kappa shape index (κ3) is 15.7. The second-order valence-electron chi connectivity index (χ2n) is 22.1. The number of pyridine rings is 3. The molecule has 3 aromatic heterocycles. The van der Waals surface area contributed by atoms with Crippen LogP contribution in [0.4, 0.5) is 39.5 Å². The Hall–Kier alpha value is -9.52. The Balaban J connectivity index is 0.962. The number of hydrogen-bond acceptors (Lipinski definition) is 10. The lowest BCUT2D eigenvalue weighted by molar-refractivity contribution is -0.275. The Morgan fingerprint density at radius 1 is 0.337 bits per heavy atom. The Bertz CT molecular complexity index is 4420. The summed E-state index contributed by atoms with van der Waals surface area (Å²) in [6, 6.07) is 53.4. The molecule has 0 unspecified atom stereocenters. The first kappa shape index (κ1) is 65.5. The molecule has 0 fully saturated rings. The highest BCUT2D eigenvalue weighted by atomic mass is 35.5. The van der Waals surface area contributed by atoms with Crippen molar-refractivity contribution in [3.05, 3.63) is 265 Å². The topological polar surface area (TPSA) is 111 Å². The minimum Gasteiger partial charge on any atom is -0.406 e. The van der Waals surface area contributed by atoms with Crippen LogP contribution in [0.25, 0.3) is 66.5 Å². The highest BCUT2D eigenvalue weighted by Gasteiger charge is 2.39. The fourth-order valence-corrected chi connectivity index (χ4v) is 13.0. The number of ether oxygens (including phenoxy) is 3. The van der Waals surface area contributed by atoms with Crippen molar-refractivity contribution < 1.29 is 71.9 Å². The van der Waals surface area contributed by atoms with Gasteiger partial charge in [0.25, 0.3) is 0 Å². The molecule has 12 aromatic rings. The van der Waals surface area contributed by atoms with Gasteiger partial charge in [-0.1, -0.05) is 144 Å². The summed E-state index contributed by atoms with van der Waals surface area (Å²) in [7, 11) is -5.23. The maximum Gasteiger partial charge on any atom is 0.647 e. The largest absolute Gasteiger partial charge is 0.647 e. The molecule has 0 amide bonds. The Morgan fingerprint density at radius 3 is 0.779 bits per heavy atom. The molecule has 0 aliphatic carbocycles. The molecule has 0 saturated carbocycles. The average Bonchev–Trinajstić information content (AvgIpc) is 0.785. The minimum atomic E-state index is -5.23. The van der Waals surface area contributed by atoms with Crippen molar-refractivity contribution in [2.75, 3.05) is 0 Å². The van der Waals surface area contributed by atoms with Gasteiger partial charge in [0.2, 0.25) is 0 Å². The first-order chi connectivity index (χ1) is 45.1. The third-order valence-corrected chi connectivity index (χ3v) is 17.3. The molecule has 0 saturated heterocycles. The smallest absolute Gasteiger partial charge is 0.406 e. The van der Waals surface area contributed by atoms with E-state index >= 15 is 4.57 Å². The molecule has 3 heterocycles. The number of aromatic nitrogens is 3. The molecule has 0 atom stereocenters. The molecular formula is C72H48Cl3F9N3O7P. The number of phosphoric acid groups is 1. The van der Waals surface area contributed by atoms with Gasteiger partial charge in [0.1, 0.15) is 34.5 Å². The van der Waals surface area contributed by atoms with Crippen LogP contribution in [0.5, 0.6) is 34.5 Å². The van der Waals surface area contributed by atoms with Gasteiger partial charge in [0.05, 0.1) is 33.6 Å². The van der Waals surface area contributed by atoms with Crippen LogP contribution in [0, 0.1) is 20.8 Å². The molecule has 95 heavy (non-hydrogen) atoms. The van der Waals surface area contributed by atoms with Gasteiger partial charge in [-0.15, -0.1) is 39.5 Å². The maximum absolute atomic E-state index is 17.0. The molecular weight excluding hydrogens is 1330 g/mol. The Kier molecular flexibility index (Phi) is 18.2. The van der Waals surface area contributed by atoms with E-state index in [9.17, 15) is 39.5 Å². The minimum absolute atomic E-state index is 0.0324. The lowest BCUT2D eigenvalue weighted by atomic mass is 9.99. The Morgan fingerprint density at radius 2 is 0.558 bits per heavy atom. The molecule has 10 nitrogen and oxygen atoms in total. The van der Waals surface area contributed by atoms with Gasteiger partial charge in [-0.25, -0.2) is 15.0 Å². The van der Waals surface area contributed by atoms with E-state index in [4.69, 9.17) is 63.3 Å². The predicted molar refractivity (Wildman–Crippen MR) is 348 cm³/mol. The van der Waals surface area contributed by atoms with Crippen LogP contribution in [0.15, 0.2) is 200 Å². The molecule has 9 aromatic carbocycles. The van der Waals surface area contributed by atoms with E-state index in [1.807, 2.05) is 72.8 Å². The normalized spacial score (nSPS) is 12.1. The summed E-state index contributed by atoms with van der Waals surface area (Å²) >= 11 is 20.0. The number of halogens is 12. The standard InChI is InChI=1S/C72H48Cl3F9N3O7P/c1-40-64(49-16-4-43(5-17-49)34-46-10-25-55(26-11-46)89-70(76,77)78)85-61-37-52(73)22-31-58(61)67(40)92-95(88,93-68-41(2)65(86-62-38-53(74)23-32-59(62)68)50-18-6-44(7-19-50)35-47-12-27-56(28-13-47)90-71(79,80)81)94-69-42(3)66(87-63-39-54(75)24-33-60(63)69)51-20-8-45(9-21-51)36-48-14-29-57(30-15-48)91-72(82,83)84/h4-33,37-39H,34-36H2,1-3H3. The lowest BCUT2D eigenvalue weighted by Crippen LogP contribution is -2.17. The summed E-state index contributed by atoms with van der Waals surface area (Å²) in [5.41, 5.74) is 9.73. The number of phosphoric ester groups is 1. The zero-order valence-electron chi connectivity index (χ0n) is 49.9. The fraction of sp³-hybridized carbons (Fsp3) is 0.125. The highest BCUT2D eigenvalue weighted by molar-refractivity contribution is 7.49. The molecule has 0 aliphatic rings. The van der Waals surface area contributed by atoms with Crippen molar-refractivity contribution in [1.29, 1.82) is 0 Å². The van der Waals surface area contributed by atoms with Crippen LogP contribution < -0.4 is 27.8 Å². The highest BCUT2D eigenvalue weighted by Crippen LogP contribution is 2.57. The van der Waals surface area contributed by atoms with Gasteiger partial charge in [0, 0.05) is 64.6 Å². The summed E-state index contributed by atoms with van der Waals surface area (Å²) in [6.45, 7) is 5.20. The van der Waals surface area contributed by atoms with E-state index in [1.165, 1.54) is 36.4 Å². The van der Waals surface area contributed by atoms with Gasteiger partial charge < -0.3 is 27.8 Å². The summed E-state index contributed by atoms with van der Waals surface area (Å²) < 4.78 is 166. The Labute approximate surface area is 552 Å². The van der Waals surface area contributed by atoms with Gasteiger partial charge in [-0.05, 0) is 164 Å². The van der Waals surface area contributed by atoms with Crippen molar-refractivity contribution >= 4 is 75.3 Å². The molecule has 23 heteroatoms. The SMILES string of the molecule is Cc1c(-c2ccc(Cc3ccc(OC(F)(F)F)cc3)cc2)nc2cc(Cl)ccc2c1OP(=O)(Oc1c(C)c(-c2ccc(Cc3ccc(OC(F)(F)F)cc3)cc2)nc2cc(Cl)ccc12)Oc1c(C)c(-c2ccc(Cc3ccc(OC(F)(F)F)cc3)cc2)nc2cc(Cl)ccc12. The van der Waals surface area contributed by atoms with Crippen molar-refractivity contribution in [1.82, 2.24) is 15.0 Å². The first-order valence-corrected chi connectivity index (χ1v) is 31.5. The summed E-state index contributed by atoms with van der Waals surface area (Å²) in [5, 5.41) is 2.05. The summed E-state index contributed by atoms with van der Waals surface area (Å²) in [5.74, 6) is -0.949. The summed E-state index contributed by atoms with van der Waals surface area (Å²) in [6.07, 6.45) is -13.4. The molecule has 0 bridgehead atoms. The quantitative estimate of drug-likeness (QED) is 0.0608. The molecule has 0 N–H and O–H groups in total. The van der Waals surface area contributed by atoms with E-state index < -0.39 is 26.9 Å². The lowest BCUT2D eigenvalue weighted by Gasteiger charge is -2.25.